The third kappa shape index (κ3) is 15.8. The van der Waals surface area contributed by atoms with Gasteiger partial charge < -0.3 is 38.0 Å². The number of aliphatic hydroxyl groups is 2. The lowest BCUT2D eigenvalue weighted by atomic mass is 9.88. The minimum atomic E-state index is -0.398. The van der Waals surface area contributed by atoms with Crippen molar-refractivity contribution in [2.75, 3.05) is 13.2 Å². The molecule has 398 valence electrons. The summed E-state index contributed by atoms with van der Waals surface area (Å²) in [5.41, 5.74) is 30.4. The van der Waals surface area contributed by atoms with Crippen molar-refractivity contribution in [3.63, 3.8) is 0 Å². The van der Waals surface area contributed by atoms with Crippen LogP contribution in [0.15, 0.2) is 213 Å². The number of benzene rings is 8. The van der Waals surface area contributed by atoms with Gasteiger partial charge in [0.15, 0.2) is 0 Å². The van der Waals surface area contributed by atoms with Crippen LogP contribution >= 0.6 is 0 Å². The minimum absolute atomic E-state index is 0.0215. The highest BCUT2D eigenvalue weighted by Crippen LogP contribution is 2.31. The standard InChI is InChI=1S/C33H33N3O4.C33H35N3O2/c1-22-11-16-30(32(17-22)36(39)40)26-12-14-27(15-13-26)33(38)35-31(20-24-7-4-3-5-8-24)29(21-37)19-25-9-6-10-28(18-25)23(2)34;1-23(35)30-9-5-8-26(18-30)19-31(22-37)32(20-24-6-3-2-4-7-24)36-33(38)29-16-14-28(15-17-29)27-12-10-25(21-34)11-13-27/h3-18,29,31,37H,2,19-21,34H2,1H3,(H,35,38);2-18,31-32,37H,1,19-22,34-35H2,(H,36,38). The van der Waals surface area contributed by atoms with Crippen molar-refractivity contribution in [3.05, 3.63) is 279 Å². The lowest BCUT2D eigenvalue weighted by Gasteiger charge is -2.27. The maximum absolute atomic E-state index is 13.4. The van der Waals surface area contributed by atoms with E-state index < -0.39 is 4.92 Å². The molecule has 0 aromatic heterocycles. The molecular formula is C66H68N6O6. The number of hydrogen-bond donors (Lipinski definition) is 7. The van der Waals surface area contributed by atoms with Crippen LogP contribution in [0.3, 0.4) is 0 Å². The van der Waals surface area contributed by atoms with Gasteiger partial charge >= 0.3 is 0 Å². The zero-order chi connectivity index (χ0) is 55.6. The van der Waals surface area contributed by atoms with Gasteiger partial charge in [-0.1, -0.05) is 165 Å². The second-order valence-electron chi connectivity index (χ2n) is 19.6. The first-order valence-electron chi connectivity index (χ1n) is 25.9. The molecule has 8 aromatic carbocycles. The van der Waals surface area contributed by atoms with Crippen molar-refractivity contribution in [3.8, 4) is 22.3 Å². The molecule has 0 saturated carbocycles. The normalized spacial score (nSPS) is 12.4. The maximum Gasteiger partial charge on any atom is 0.277 e. The number of amides is 2. The zero-order valence-electron chi connectivity index (χ0n) is 43.9. The predicted molar refractivity (Wildman–Crippen MR) is 314 cm³/mol. The van der Waals surface area contributed by atoms with E-state index in [2.05, 4.69) is 23.8 Å². The minimum Gasteiger partial charge on any atom is -0.399 e. The molecule has 0 fully saturated rings. The highest BCUT2D eigenvalue weighted by Gasteiger charge is 2.27. The summed E-state index contributed by atoms with van der Waals surface area (Å²) in [5.74, 6) is -0.910. The van der Waals surface area contributed by atoms with E-state index in [-0.39, 0.29) is 54.6 Å². The van der Waals surface area contributed by atoms with Crippen LogP contribution in [0.25, 0.3) is 33.6 Å². The van der Waals surface area contributed by atoms with E-state index in [1.807, 2.05) is 164 Å². The van der Waals surface area contributed by atoms with Crippen molar-refractivity contribution in [1.29, 1.82) is 0 Å². The van der Waals surface area contributed by atoms with Gasteiger partial charge in [-0.25, -0.2) is 0 Å². The van der Waals surface area contributed by atoms with E-state index in [0.29, 0.717) is 65.9 Å². The number of nitrogens with zero attached hydrogens (tertiary/aromatic N) is 1. The van der Waals surface area contributed by atoms with Gasteiger partial charge in [0.05, 0.1) is 10.5 Å². The maximum atomic E-state index is 13.4. The molecule has 0 aliphatic heterocycles. The summed E-state index contributed by atoms with van der Waals surface area (Å²) in [6, 6.07) is 62.3. The lowest BCUT2D eigenvalue weighted by molar-refractivity contribution is -0.384. The predicted octanol–water partition coefficient (Wildman–Crippen LogP) is 10.6. The number of nitrogens with two attached hydrogens (primary N) is 3. The summed E-state index contributed by atoms with van der Waals surface area (Å²) >= 11 is 0. The van der Waals surface area contributed by atoms with Crippen molar-refractivity contribution >= 4 is 28.9 Å². The molecule has 4 unspecified atom stereocenters. The van der Waals surface area contributed by atoms with E-state index in [0.717, 1.165) is 55.6 Å². The first kappa shape index (κ1) is 56.8. The molecule has 0 saturated heterocycles. The van der Waals surface area contributed by atoms with Crippen LogP contribution in [0.2, 0.25) is 0 Å². The third-order valence-electron chi connectivity index (χ3n) is 13.9. The summed E-state index contributed by atoms with van der Waals surface area (Å²) in [6.07, 6.45) is 2.26. The van der Waals surface area contributed by atoms with Gasteiger partial charge in [0.2, 0.25) is 0 Å². The Morgan fingerprint density at radius 2 is 0.910 bits per heavy atom. The molecule has 10 N–H and O–H groups in total. The SMILES string of the molecule is C=C(N)c1cccc(CC(CO)C(Cc2ccccc2)NC(=O)c2ccc(-c3ccc(C)cc3[N+](=O)[O-])cc2)c1.C=C(N)c1cccc(CC(CO)C(Cc2ccccc2)NC(=O)c2ccc(-c3ccc(CN)cc3)cc2)c1. The number of carbonyl (C=O) groups excluding carboxylic acids is 2. The van der Waals surface area contributed by atoms with E-state index in [1.54, 1.807) is 37.3 Å². The summed E-state index contributed by atoms with van der Waals surface area (Å²) < 4.78 is 0. The molecule has 0 aliphatic carbocycles. The van der Waals surface area contributed by atoms with E-state index >= 15 is 0 Å². The Labute approximate surface area is 457 Å². The number of carbonyl (C=O) groups is 2. The fourth-order valence-electron chi connectivity index (χ4n) is 9.47. The first-order valence-corrected chi connectivity index (χ1v) is 25.9. The largest absolute Gasteiger partial charge is 0.399 e. The Hall–Kier alpha value is -8.94. The van der Waals surface area contributed by atoms with E-state index in [4.69, 9.17) is 17.2 Å². The monoisotopic (exact) mass is 1040 g/mol. The molecule has 12 heteroatoms. The summed E-state index contributed by atoms with van der Waals surface area (Å²) in [5, 5.41) is 38.7. The Kier molecular flexibility index (Phi) is 20.2. The van der Waals surface area contributed by atoms with Crippen LogP contribution < -0.4 is 27.8 Å². The van der Waals surface area contributed by atoms with Crippen LogP contribution in [0.5, 0.6) is 0 Å². The molecule has 0 spiro atoms. The Bertz CT molecular complexity index is 3290. The van der Waals surface area contributed by atoms with Crippen molar-refractivity contribution in [2.24, 2.45) is 29.0 Å². The topological polar surface area (TPSA) is 220 Å². The molecule has 78 heavy (non-hydrogen) atoms. The fourth-order valence-corrected chi connectivity index (χ4v) is 9.47. The number of rotatable bonds is 22. The molecule has 0 radical (unpaired) electrons. The van der Waals surface area contributed by atoms with E-state index in [1.165, 1.54) is 6.07 Å². The number of nitro groups is 1. The van der Waals surface area contributed by atoms with Crippen LogP contribution in [0, 0.1) is 28.9 Å². The lowest BCUT2D eigenvalue weighted by Crippen LogP contribution is -2.44. The molecule has 8 rings (SSSR count). The molecule has 0 heterocycles. The molecule has 2 amide bonds. The molecule has 8 aromatic rings. The van der Waals surface area contributed by atoms with Crippen LogP contribution in [0.1, 0.15) is 65.2 Å². The van der Waals surface area contributed by atoms with Gasteiger partial charge in [-0.2, -0.15) is 0 Å². The van der Waals surface area contributed by atoms with Gasteiger partial charge in [-0.05, 0) is 136 Å². The highest BCUT2D eigenvalue weighted by atomic mass is 16.6. The molecule has 4 atom stereocenters. The molecule has 12 nitrogen and oxygen atoms in total. The van der Waals surface area contributed by atoms with Gasteiger partial charge in [-0.3, -0.25) is 19.7 Å². The number of hydrogen-bond acceptors (Lipinski definition) is 9. The Morgan fingerprint density at radius 3 is 1.31 bits per heavy atom. The third-order valence-corrected chi connectivity index (χ3v) is 13.9. The fraction of sp³-hybridized carbons (Fsp3) is 0.182. The first-order chi connectivity index (χ1) is 37.7. The van der Waals surface area contributed by atoms with Gasteiger partial charge in [0, 0.05) is 72.3 Å². The van der Waals surface area contributed by atoms with Crippen LogP contribution in [-0.4, -0.2) is 52.2 Å². The van der Waals surface area contributed by atoms with Crippen molar-refractivity contribution in [2.45, 2.75) is 51.2 Å². The van der Waals surface area contributed by atoms with Gasteiger partial charge in [0.25, 0.3) is 17.5 Å². The zero-order valence-corrected chi connectivity index (χ0v) is 43.9. The second kappa shape index (κ2) is 27.7. The number of aliphatic hydroxyl groups excluding tert-OH is 2. The van der Waals surface area contributed by atoms with Crippen LogP contribution in [-0.2, 0) is 32.2 Å². The van der Waals surface area contributed by atoms with Crippen molar-refractivity contribution < 1.29 is 24.7 Å². The van der Waals surface area contributed by atoms with Gasteiger partial charge in [0.1, 0.15) is 0 Å². The number of nitro benzene ring substituents is 1. The second-order valence-corrected chi connectivity index (χ2v) is 19.6. The van der Waals surface area contributed by atoms with Gasteiger partial charge in [-0.15, -0.1) is 0 Å². The Balaban J connectivity index is 0.000000226. The number of nitrogens with one attached hydrogen (secondary N) is 2. The number of aryl methyl sites for hydroxylation is 1. The van der Waals surface area contributed by atoms with E-state index in [9.17, 15) is 29.9 Å². The summed E-state index contributed by atoms with van der Waals surface area (Å²) in [4.78, 5) is 37.9. The van der Waals surface area contributed by atoms with Crippen LogP contribution in [0.4, 0.5) is 5.69 Å². The smallest absolute Gasteiger partial charge is 0.277 e. The molecule has 0 bridgehead atoms. The molecule has 0 aliphatic rings. The molecular weight excluding hydrogens is 973 g/mol. The average Bonchev–Trinajstić information content (AvgIpc) is 3.46. The van der Waals surface area contributed by atoms with Crippen molar-refractivity contribution in [1.82, 2.24) is 10.6 Å². The summed E-state index contributed by atoms with van der Waals surface area (Å²) in [6.45, 7) is 9.76. The average molecular weight is 1040 g/mol. The highest BCUT2D eigenvalue weighted by molar-refractivity contribution is 5.95. The quantitative estimate of drug-likeness (QED) is 0.0253. The summed E-state index contributed by atoms with van der Waals surface area (Å²) in [7, 11) is 0. The Morgan fingerprint density at radius 1 is 0.500 bits per heavy atom.